The van der Waals surface area contributed by atoms with Crippen LogP contribution < -0.4 is 10.5 Å². The summed E-state index contributed by atoms with van der Waals surface area (Å²) < 4.78 is 27.8. The first-order valence-corrected chi connectivity index (χ1v) is 15.3. The number of nitrogens with two attached hydrogens (primary N) is 1. The maximum absolute atomic E-state index is 13.2. The van der Waals surface area contributed by atoms with Crippen molar-refractivity contribution in [3.63, 3.8) is 0 Å². The lowest BCUT2D eigenvalue weighted by Gasteiger charge is -2.32. The normalized spacial score (nSPS) is 14.6. The van der Waals surface area contributed by atoms with Gasteiger partial charge in [0.25, 0.3) is 11.8 Å². The fourth-order valence-corrected chi connectivity index (χ4v) is 6.74. The number of halogens is 1. The predicted octanol–water partition coefficient (Wildman–Crippen LogP) is 4.15. The SMILES string of the molecule is Cc1c(NS(=O)(=O)CCCCl)cccc1-c1ccc(C(N)=O)c2[nH]c3cc(C(=O)N4CCN(C)CC4)ccc3c12. The Morgan fingerprint density at radius 2 is 1.80 bits per heavy atom. The number of amides is 2. The zero-order chi connectivity index (χ0) is 28.6. The largest absolute Gasteiger partial charge is 0.366 e. The van der Waals surface area contributed by atoms with Crippen molar-refractivity contribution in [3.8, 4) is 11.1 Å². The number of fused-ring (bicyclic) bond motifs is 3. The number of carbonyl (C=O) groups excluding carboxylic acids is 2. The van der Waals surface area contributed by atoms with Gasteiger partial charge < -0.3 is 20.5 Å². The Kier molecular flexibility index (Phi) is 7.76. The van der Waals surface area contributed by atoms with E-state index < -0.39 is 15.9 Å². The maximum atomic E-state index is 13.2. The molecule has 1 aromatic heterocycles. The molecule has 0 aliphatic carbocycles. The second-order valence-corrected chi connectivity index (χ2v) is 12.4. The smallest absolute Gasteiger partial charge is 0.254 e. The van der Waals surface area contributed by atoms with Crippen LogP contribution in [0.15, 0.2) is 48.5 Å². The first-order chi connectivity index (χ1) is 19.1. The zero-order valence-corrected chi connectivity index (χ0v) is 24.0. The van der Waals surface area contributed by atoms with Gasteiger partial charge in [0, 0.05) is 53.9 Å². The number of rotatable bonds is 8. The quantitative estimate of drug-likeness (QED) is 0.269. The highest BCUT2D eigenvalue weighted by Crippen LogP contribution is 2.39. The molecule has 11 heteroatoms. The van der Waals surface area contributed by atoms with Crippen molar-refractivity contribution in [1.29, 1.82) is 0 Å². The number of hydrogen-bond acceptors (Lipinski definition) is 5. The number of nitrogens with zero attached hydrogens (tertiary/aromatic N) is 2. The molecule has 0 unspecified atom stereocenters. The zero-order valence-electron chi connectivity index (χ0n) is 22.5. The van der Waals surface area contributed by atoms with Gasteiger partial charge >= 0.3 is 0 Å². The number of carbonyl (C=O) groups is 2. The summed E-state index contributed by atoms with van der Waals surface area (Å²) in [7, 11) is -1.53. The Balaban J connectivity index is 1.62. The van der Waals surface area contributed by atoms with Gasteiger partial charge in [-0.3, -0.25) is 14.3 Å². The van der Waals surface area contributed by atoms with Gasteiger partial charge in [0.2, 0.25) is 10.0 Å². The Labute approximate surface area is 238 Å². The van der Waals surface area contributed by atoms with Crippen LogP contribution >= 0.6 is 11.6 Å². The summed E-state index contributed by atoms with van der Waals surface area (Å²) in [6.45, 7) is 4.84. The van der Waals surface area contributed by atoms with Gasteiger partial charge in [0.15, 0.2) is 0 Å². The first-order valence-electron chi connectivity index (χ1n) is 13.1. The molecule has 0 radical (unpaired) electrons. The molecule has 0 saturated carbocycles. The highest BCUT2D eigenvalue weighted by atomic mass is 35.5. The molecule has 0 atom stereocenters. The van der Waals surface area contributed by atoms with Crippen LogP contribution in [0.4, 0.5) is 5.69 Å². The van der Waals surface area contributed by atoms with Crippen LogP contribution in [0.3, 0.4) is 0 Å². The van der Waals surface area contributed by atoms with E-state index in [4.69, 9.17) is 17.3 Å². The van der Waals surface area contributed by atoms with Crippen LogP contribution in [0.2, 0.25) is 0 Å². The molecule has 1 aliphatic heterocycles. The van der Waals surface area contributed by atoms with Crippen molar-refractivity contribution in [1.82, 2.24) is 14.8 Å². The number of nitrogens with one attached hydrogen (secondary N) is 2. The number of primary amides is 1. The summed E-state index contributed by atoms with van der Waals surface area (Å²) in [5.41, 5.74) is 10.7. The fraction of sp³-hybridized carbons (Fsp3) is 0.310. The van der Waals surface area contributed by atoms with E-state index in [0.717, 1.165) is 40.6 Å². The Bertz CT molecular complexity index is 1730. The van der Waals surface area contributed by atoms with E-state index in [9.17, 15) is 18.0 Å². The average molecular weight is 582 g/mol. The number of sulfonamides is 1. The third-order valence-electron chi connectivity index (χ3n) is 7.49. The van der Waals surface area contributed by atoms with Crippen molar-refractivity contribution in [3.05, 3.63) is 65.2 Å². The molecule has 9 nitrogen and oxygen atoms in total. The number of H-pyrrole nitrogens is 1. The van der Waals surface area contributed by atoms with Crippen LogP contribution in [-0.2, 0) is 10.0 Å². The molecular weight excluding hydrogens is 550 g/mol. The molecule has 1 saturated heterocycles. The fourth-order valence-electron chi connectivity index (χ4n) is 5.27. The average Bonchev–Trinajstić information content (AvgIpc) is 3.31. The van der Waals surface area contributed by atoms with Crippen molar-refractivity contribution in [2.75, 3.05) is 49.6 Å². The van der Waals surface area contributed by atoms with Gasteiger partial charge in [-0.2, -0.15) is 0 Å². The lowest BCUT2D eigenvalue weighted by molar-refractivity contribution is 0.0664. The number of benzene rings is 3. The number of piperazine rings is 1. The first kappa shape index (κ1) is 27.9. The van der Waals surface area contributed by atoms with E-state index in [2.05, 4.69) is 14.6 Å². The summed E-state index contributed by atoms with van der Waals surface area (Å²) in [5, 5.41) is 1.60. The molecule has 0 spiro atoms. The molecule has 5 rings (SSSR count). The molecule has 1 fully saturated rings. The minimum Gasteiger partial charge on any atom is -0.366 e. The highest BCUT2D eigenvalue weighted by Gasteiger charge is 2.23. The Morgan fingerprint density at radius 1 is 1.05 bits per heavy atom. The third-order valence-corrected chi connectivity index (χ3v) is 9.12. The van der Waals surface area contributed by atoms with Crippen molar-refractivity contribution < 1.29 is 18.0 Å². The minimum atomic E-state index is -3.57. The molecule has 210 valence electrons. The second-order valence-electron chi connectivity index (χ2n) is 10.2. The summed E-state index contributed by atoms with van der Waals surface area (Å²) in [6, 6.07) is 14.4. The van der Waals surface area contributed by atoms with Crippen LogP contribution in [0.5, 0.6) is 0 Å². The molecule has 4 N–H and O–H groups in total. The number of aromatic nitrogens is 1. The molecule has 3 aromatic carbocycles. The van der Waals surface area contributed by atoms with Crippen LogP contribution in [0.1, 0.15) is 32.7 Å². The van der Waals surface area contributed by atoms with Gasteiger partial charge in [0.05, 0.1) is 22.5 Å². The van der Waals surface area contributed by atoms with Crippen molar-refractivity contribution in [2.24, 2.45) is 5.73 Å². The summed E-state index contributed by atoms with van der Waals surface area (Å²) in [5.74, 6) is -0.425. The molecule has 0 bridgehead atoms. The van der Waals surface area contributed by atoms with Crippen molar-refractivity contribution in [2.45, 2.75) is 13.3 Å². The van der Waals surface area contributed by atoms with Gasteiger partial charge in [-0.1, -0.05) is 24.3 Å². The highest BCUT2D eigenvalue weighted by molar-refractivity contribution is 7.92. The van der Waals surface area contributed by atoms with Gasteiger partial charge in [-0.15, -0.1) is 11.6 Å². The monoisotopic (exact) mass is 581 g/mol. The van der Waals surface area contributed by atoms with Crippen LogP contribution in [-0.4, -0.2) is 79.9 Å². The lowest BCUT2D eigenvalue weighted by Crippen LogP contribution is -2.47. The van der Waals surface area contributed by atoms with E-state index in [0.29, 0.717) is 47.4 Å². The summed E-state index contributed by atoms with van der Waals surface area (Å²) in [6.07, 6.45) is 0.347. The third kappa shape index (κ3) is 5.39. The molecule has 4 aromatic rings. The van der Waals surface area contributed by atoms with Gasteiger partial charge in [0.1, 0.15) is 0 Å². The van der Waals surface area contributed by atoms with Gasteiger partial charge in [-0.05, 0) is 61.3 Å². The van der Waals surface area contributed by atoms with Crippen LogP contribution in [0.25, 0.3) is 32.9 Å². The number of anilines is 1. The standard InChI is InChI=1S/C29H32ClN5O4S/c1-18-20(5-3-6-24(18)33-40(38,39)16-4-11-30)21-9-10-23(28(31)36)27-26(21)22-8-7-19(17-25(22)32-27)29(37)35-14-12-34(2)13-15-35/h3,5-10,17,32-33H,4,11-16H2,1-2H3,(H2,31,36). The number of likely N-dealkylation sites (N-methyl/N-ethyl adjacent to an activating group) is 1. The minimum absolute atomic E-state index is 0.0333. The van der Waals surface area contributed by atoms with Gasteiger partial charge in [-0.25, -0.2) is 8.42 Å². The number of alkyl halides is 1. The van der Waals surface area contributed by atoms with E-state index >= 15 is 0 Å². The lowest BCUT2D eigenvalue weighted by atomic mass is 9.93. The summed E-state index contributed by atoms with van der Waals surface area (Å²) >= 11 is 5.70. The molecule has 40 heavy (non-hydrogen) atoms. The molecular formula is C29H32ClN5O4S. The second kappa shape index (κ2) is 11.1. The molecule has 2 amide bonds. The van der Waals surface area contributed by atoms with Crippen molar-refractivity contribution >= 4 is 60.9 Å². The number of hydrogen-bond donors (Lipinski definition) is 3. The molecule has 1 aliphatic rings. The van der Waals surface area contributed by atoms with E-state index in [-0.39, 0.29) is 17.5 Å². The van der Waals surface area contributed by atoms with E-state index in [1.54, 1.807) is 18.2 Å². The van der Waals surface area contributed by atoms with E-state index in [1.165, 1.54) is 0 Å². The number of aromatic amines is 1. The Hall–Kier alpha value is -3.60. The topological polar surface area (TPSA) is 129 Å². The van der Waals surface area contributed by atoms with Crippen LogP contribution in [0, 0.1) is 6.92 Å². The maximum Gasteiger partial charge on any atom is 0.254 e. The Morgan fingerprint density at radius 3 is 2.50 bits per heavy atom. The summed E-state index contributed by atoms with van der Waals surface area (Å²) in [4.78, 5) is 33.0. The van der Waals surface area contributed by atoms with E-state index in [1.807, 2.05) is 49.2 Å². The molecule has 2 heterocycles. The predicted molar refractivity (Wildman–Crippen MR) is 161 cm³/mol.